The monoisotopic (exact) mass is 928 g/mol. The summed E-state index contributed by atoms with van der Waals surface area (Å²) in [7, 11) is -7.38. The molecule has 1 atom stereocenters. The number of allylic oxidation sites excluding steroid dienone is 1. The number of benzene rings is 2. The first-order valence-electron chi connectivity index (χ1n) is 22.1. The Morgan fingerprint density at radius 3 is 1.02 bits per heavy atom. The predicted octanol–water partition coefficient (Wildman–Crippen LogP) is 15.3. The van der Waals surface area contributed by atoms with Crippen molar-refractivity contribution in [2.24, 2.45) is 0 Å². The summed E-state index contributed by atoms with van der Waals surface area (Å²) in [6.45, 7) is 66.7. The SMILES string of the molecule is CC1=CC[S][Ge]([c]2c(C(C)C)cc(C(C)C)cc2C(C)C)([c]2c(C([Si](C)(C)C)[Si](C)(C)C)cc(C([Si](C)(C)C)[Si](C)(C)C)cc2C([Si](C)(C)C)[Si](C)(C)C)[CH2]1. The van der Waals surface area contributed by atoms with Crippen LogP contribution in [0.25, 0.3) is 0 Å². The van der Waals surface area contributed by atoms with Crippen molar-refractivity contribution in [3.63, 3.8) is 0 Å². The zero-order valence-corrected chi connectivity index (χ0v) is 50.1. The van der Waals surface area contributed by atoms with Crippen LogP contribution in [0.2, 0.25) is 123 Å². The molecule has 0 fully saturated rings. The van der Waals surface area contributed by atoms with Crippen molar-refractivity contribution in [3.05, 3.63) is 69.3 Å². The van der Waals surface area contributed by atoms with E-state index in [1.165, 1.54) is 11.0 Å². The van der Waals surface area contributed by atoms with Gasteiger partial charge in [-0.1, -0.05) is 0 Å². The molecule has 0 spiro atoms. The van der Waals surface area contributed by atoms with Gasteiger partial charge in [-0.05, 0) is 0 Å². The maximum atomic E-state index is 3.01. The van der Waals surface area contributed by atoms with Crippen molar-refractivity contribution in [3.8, 4) is 0 Å². The van der Waals surface area contributed by atoms with Crippen LogP contribution in [0, 0.1) is 0 Å². The summed E-state index contributed by atoms with van der Waals surface area (Å²) in [5, 5.41) is 3.49. The van der Waals surface area contributed by atoms with Crippen LogP contribution in [-0.2, 0) is 0 Å². The van der Waals surface area contributed by atoms with Crippen LogP contribution < -0.4 is 8.79 Å². The minimum atomic E-state index is -3.32. The molecule has 2 aromatic rings. The molecule has 0 nitrogen and oxygen atoms in total. The summed E-state index contributed by atoms with van der Waals surface area (Å²) in [5.41, 5.74) is 12.2. The van der Waals surface area contributed by atoms with Gasteiger partial charge in [-0.25, -0.2) is 0 Å². The summed E-state index contributed by atoms with van der Waals surface area (Å²) in [5.74, 6) is 2.72. The molecule has 1 unspecified atom stereocenters. The molecule has 0 aromatic heterocycles. The first-order valence-corrected chi connectivity index (χ1v) is 50.7. The van der Waals surface area contributed by atoms with Crippen molar-refractivity contribution in [1.29, 1.82) is 0 Å². The fourth-order valence-corrected chi connectivity index (χ4v) is 70.6. The van der Waals surface area contributed by atoms with Gasteiger partial charge in [0.25, 0.3) is 0 Å². The van der Waals surface area contributed by atoms with Crippen molar-refractivity contribution in [1.82, 2.24) is 0 Å². The van der Waals surface area contributed by atoms with E-state index in [1.807, 2.05) is 19.9 Å². The van der Waals surface area contributed by atoms with Gasteiger partial charge in [0.15, 0.2) is 0 Å². The molecular formula is C47H90GeSSi6. The van der Waals surface area contributed by atoms with Gasteiger partial charge in [0.1, 0.15) is 0 Å². The van der Waals surface area contributed by atoms with Crippen LogP contribution in [0.15, 0.2) is 35.9 Å². The Hall–Kier alpha value is 0.374. The van der Waals surface area contributed by atoms with E-state index in [2.05, 4.69) is 207 Å². The standard InChI is InChI=1S/C47H90GeSSi6/c1-33(2)37-28-39(34(3)4)43(40(29-37)35(5)6)48(32-36(7)26-27-49-48)44-41(46(52(14,15)16)53(17,18)19)30-38(45(50(8,9)10)51(11,12)13)31-42(44)47(54(20,21)22)55(23,24)25/h26,28-31,33-35,45-47H,27,32H2,1-25H3. The molecule has 8 heteroatoms. The van der Waals surface area contributed by atoms with E-state index in [-0.39, 0.29) is 0 Å². The van der Waals surface area contributed by atoms with E-state index < -0.39 is 60.6 Å². The Labute approximate surface area is 356 Å². The fraction of sp³-hybridized carbons (Fsp3) is 0.702. The van der Waals surface area contributed by atoms with E-state index in [0.29, 0.717) is 17.8 Å². The molecule has 312 valence electrons. The quantitative estimate of drug-likeness (QED) is 0.134. The molecule has 1 aliphatic heterocycles. The average molecular weight is 928 g/mol. The Morgan fingerprint density at radius 1 is 0.436 bits per heavy atom. The van der Waals surface area contributed by atoms with Crippen molar-refractivity contribution >= 4 is 79.4 Å². The predicted molar refractivity (Wildman–Crippen MR) is 279 cm³/mol. The van der Waals surface area contributed by atoms with Gasteiger partial charge in [0, 0.05) is 0 Å². The second-order valence-corrected chi connectivity index (χ2v) is 71.4. The normalized spacial score (nSPS) is 18.5. The molecule has 0 bridgehead atoms. The van der Waals surface area contributed by atoms with Gasteiger partial charge >= 0.3 is 359 Å². The first kappa shape index (κ1) is 49.7. The molecule has 0 N–H and O–H groups in total. The number of rotatable bonds is 14. The molecule has 0 amide bonds. The molecule has 0 aliphatic carbocycles. The van der Waals surface area contributed by atoms with Crippen molar-refractivity contribution in [2.75, 3.05) is 5.75 Å². The molecule has 0 saturated heterocycles. The van der Waals surface area contributed by atoms with E-state index in [1.54, 1.807) is 27.8 Å². The Morgan fingerprint density at radius 2 is 0.745 bits per heavy atom. The van der Waals surface area contributed by atoms with Crippen molar-refractivity contribution in [2.45, 2.75) is 205 Å². The van der Waals surface area contributed by atoms with Crippen LogP contribution in [0.1, 0.15) is 115 Å². The van der Waals surface area contributed by atoms with E-state index in [0.717, 1.165) is 15.5 Å². The van der Waals surface area contributed by atoms with Gasteiger partial charge in [0.05, 0.1) is 0 Å². The molecule has 2 aromatic carbocycles. The van der Waals surface area contributed by atoms with Crippen molar-refractivity contribution < 1.29 is 0 Å². The van der Waals surface area contributed by atoms with Gasteiger partial charge in [-0.2, -0.15) is 0 Å². The number of hydrogen-bond acceptors (Lipinski definition) is 1. The summed E-state index contributed by atoms with van der Waals surface area (Å²) in [6.07, 6.45) is 2.63. The van der Waals surface area contributed by atoms with Crippen LogP contribution >= 0.6 is 10.1 Å². The Balaban J connectivity index is 3.03. The summed E-state index contributed by atoms with van der Waals surface area (Å²) >= 11 is -3.32. The van der Waals surface area contributed by atoms with Crippen LogP contribution in [0.5, 0.6) is 0 Å². The molecule has 3 rings (SSSR count). The van der Waals surface area contributed by atoms with E-state index >= 15 is 0 Å². The third-order valence-corrected chi connectivity index (χ3v) is 56.4. The summed E-state index contributed by atoms with van der Waals surface area (Å²) in [4.78, 5) is 0. The second kappa shape index (κ2) is 17.0. The summed E-state index contributed by atoms with van der Waals surface area (Å²) in [6, 6.07) is 11.5. The molecule has 0 saturated carbocycles. The minimum absolute atomic E-state index is 0.504. The van der Waals surface area contributed by atoms with Crippen LogP contribution in [0.4, 0.5) is 0 Å². The van der Waals surface area contributed by atoms with Crippen LogP contribution in [-0.4, -0.2) is 66.3 Å². The Bertz CT molecular complexity index is 1580. The van der Waals surface area contributed by atoms with Crippen LogP contribution in [0.3, 0.4) is 0 Å². The second-order valence-electron chi connectivity index (χ2n) is 25.5. The molecular weight excluding hydrogens is 838 g/mol. The van der Waals surface area contributed by atoms with Gasteiger partial charge in [-0.3, -0.25) is 0 Å². The van der Waals surface area contributed by atoms with Gasteiger partial charge in [0.2, 0.25) is 0 Å². The molecule has 0 radical (unpaired) electrons. The van der Waals surface area contributed by atoms with E-state index in [4.69, 9.17) is 0 Å². The maximum absolute atomic E-state index is 3.32. The Kier molecular flexibility index (Phi) is 15.4. The number of hydrogen-bond donors (Lipinski definition) is 0. The third-order valence-electron chi connectivity index (χ3n) is 12.6. The molecule has 1 heterocycles. The zero-order valence-electron chi connectivity index (χ0n) is 41.2. The summed E-state index contributed by atoms with van der Waals surface area (Å²) < 4.78 is 3.90. The zero-order chi connectivity index (χ0) is 42.8. The average Bonchev–Trinajstić information content (AvgIpc) is 2.91. The first-order chi connectivity index (χ1) is 24.5. The topological polar surface area (TPSA) is 0 Å². The van der Waals surface area contributed by atoms with E-state index in [9.17, 15) is 0 Å². The third kappa shape index (κ3) is 11.0. The molecule has 55 heavy (non-hydrogen) atoms. The van der Waals surface area contributed by atoms with Gasteiger partial charge in [-0.15, -0.1) is 0 Å². The molecule has 1 aliphatic rings. The fourth-order valence-electron chi connectivity index (χ4n) is 12.3. The van der Waals surface area contributed by atoms with Gasteiger partial charge < -0.3 is 0 Å².